The standard InChI is InChI=1S/C18H22ClN3/c19-18-9-8-15(13-21-18)12-20-14-17(22-10-4-5-11-22)16-6-2-1-3-7-16/h1-3,6-9,13,17,20H,4-5,10-12,14H2. The molecule has 0 spiro atoms. The Balaban J connectivity index is 1.61. The Morgan fingerprint density at radius 1 is 1.09 bits per heavy atom. The van der Waals surface area contributed by atoms with Gasteiger partial charge in [-0.05, 0) is 43.1 Å². The van der Waals surface area contributed by atoms with Crippen LogP contribution in [0.2, 0.25) is 5.15 Å². The second-order valence-electron chi connectivity index (χ2n) is 5.79. The van der Waals surface area contributed by atoms with Crippen LogP contribution in [0, 0.1) is 0 Å². The number of pyridine rings is 1. The fraction of sp³-hybridized carbons (Fsp3) is 0.389. The fourth-order valence-corrected chi connectivity index (χ4v) is 3.16. The molecule has 3 nitrogen and oxygen atoms in total. The monoisotopic (exact) mass is 315 g/mol. The summed E-state index contributed by atoms with van der Waals surface area (Å²) in [7, 11) is 0. The van der Waals surface area contributed by atoms with E-state index in [4.69, 9.17) is 11.6 Å². The van der Waals surface area contributed by atoms with Crippen LogP contribution in [0.15, 0.2) is 48.7 Å². The van der Waals surface area contributed by atoms with Crippen LogP contribution in [0.5, 0.6) is 0 Å². The highest BCUT2D eigenvalue weighted by atomic mass is 35.5. The van der Waals surface area contributed by atoms with E-state index in [9.17, 15) is 0 Å². The minimum absolute atomic E-state index is 0.448. The van der Waals surface area contributed by atoms with Gasteiger partial charge < -0.3 is 5.32 Å². The summed E-state index contributed by atoms with van der Waals surface area (Å²) in [6, 6.07) is 15.1. The number of hydrogen-bond donors (Lipinski definition) is 1. The summed E-state index contributed by atoms with van der Waals surface area (Å²) in [5.74, 6) is 0. The summed E-state index contributed by atoms with van der Waals surface area (Å²) in [6.45, 7) is 4.17. The van der Waals surface area contributed by atoms with Gasteiger partial charge in [0.15, 0.2) is 0 Å². The van der Waals surface area contributed by atoms with Gasteiger partial charge in [0.05, 0.1) is 0 Å². The molecule has 0 amide bonds. The van der Waals surface area contributed by atoms with E-state index < -0.39 is 0 Å². The van der Waals surface area contributed by atoms with E-state index >= 15 is 0 Å². The van der Waals surface area contributed by atoms with E-state index in [1.54, 1.807) is 0 Å². The average Bonchev–Trinajstić information content (AvgIpc) is 3.08. The van der Waals surface area contributed by atoms with Crippen LogP contribution in [0.25, 0.3) is 0 Å². The number of nitrogens with zero attached hydrogens (tertiary/aromatic N) is 2. The predicted molar refractivity (Wildman–Crippen MR) is 90.9 cm³/mol. The molecule has 1 aliphatic rings. The van der Waals surface area contributed by atoms with E-state index in [0.717, 1.165) is 18.7 Å². The summed E-state index contributed by atoms with van der Waals surface area (Å²) in [6.07, 6.45) is 4.46. The average molecular weight is 316 g/mol. The summed E-state index contributed by atoms with van der Waals surface area (Å²) >= 11 is 5.82. The number of nitrogens with one attached hydrogen (secondary N) is 1. The van der Waals surface area contributed by atoms with Crippen molar-refractivity contribution in [3.8, 4) is 0 Å². The van der Waals surface area contributed by atoms with Gasteiger partial charge in [-0.1, -0.05) is 48.0 Å². The normalized spacial score (nSPS) is 16.8. The molecule has 116 valence electrons. The van der Waals surface area contributed by atoms with Crippen molar-refractivity contribution in [1.29, 1.82) is 0 Å². The third-order valence-electron chi connectivity index (χ3n) is 4.22. The number of rotatable bonds is 6. The highest BCUT2D eigenvalue weighted by Gasteiger charge is 2.22. The lowest BCUT2D eigenvalue weighted by atomic mass is 10.1. The lowest BCUT2D eigenvalue weighted by Gasteiger charge is -2.28. The molecule has 1 aromatic heterocycles. The molecule has 1 saturated heterocycles. The Kier molecular flexibility index (Phi) is 5.43. The van der Waals surface area contributed by atoms with Crippen LogP contribution >= 0.6 is 11.6 Å². The first-order chi connectivity index (χ1) is 10.8. The van der Waals surface area contributed by atoms with Crippen molar-refractivity contribution in [3.63, 3.8) is 0 Å². The molecule has 2 aromatic rings. The third-order valence-corrected chi connectivity index (χ3v) is 4.44. The Labute approximate surface area is 137 Å². The minimum Gasteiger partial charge on any atom is -0.311 e. The zero-order valence-electron chi connectivity index (χ0n) is 12.7. The first-order valence-electron chi connectivity index (χ1n) is 7.93. The highest BCUT2D eigenvalue weighted by Crippen LogP contribution is 2.24. The predicted octanol–water partition coefficient (Wildman–Crippen LogP) is 3.66. The molecule has 1 fully saturated rings. The highest BCUT2D eigenvalue weighted by molar-refractivity contribution is 6.29. The van der Waals surface area contributed by atoms with Crippen molar-refractivity contribution in [2.75, 3.05) is 19.6 Å². The molecule has 0 aliphatic carbocycles. The molecule has 1 unspecified atom stereocenters. The summed E-state index contributed by atoms with van der Waals surface area (Å²) < 4.78 is 0. The van der Waals surface area contributed by atoms with E-state index in [1.807, 2.05) is 18.3 Å². The van der Waals surface area contributed by atoms with Crippen molar-refractivity contribution < 1.29 is 0 Å². The van der Waals surface area contributed by atoms with Crippen LogP contribution in [-0.2, 0) is 6.54 Å². The lowest BCUT2D eigenvalue weighted by Crippen LogP contribution is -2.34. The van der Waals surface area contributed by atoms with Gasteiger partial charge in [-0.2, -0.15) is 0 Å². The van der Waals surface area contributed by atoms with Crippen molar-refractivity contribution >= 4 is 11.6 Å². The van der Waals surface area contributed by atoms with Crippen molar-refractivity contribution in [3.05, 3.63) is 64.9 Å². The van der Waals surface area contributed by atoms with Gasteiger partial charge in [-0.25, -0.2) is 4.98 Å². The summed E-state index contributed by atoms with van der Waals surface area (Å²) in [5.41, 5.74) is 2.56. The quantitative estimate of drug-likeness (QED) is 0.825. The molecule has 0 radical (unpaired) electrons. The van der Waals surface area contributed by atoms with Gasteiger partial charge >= 0.3 is 0 Å². The topological polar surface area (TPSA) is 28.2 Å². The molecule has 0 bridgehead atoms. The van der Waals surface area contributed by atoms with Gasteiger partial charge in [-0.3, -0.25) is 4.90 Å². The fourth-order valence-electron chi connectivity index (χ4n) is 3.05. The van der Waals surface area contributed by atoms with Crippen LogP contribution in [0.3, 0.4) is 0 Å². The molecule has 0 saturated carbocycles. The summed E-state index contributed by atoms with van der Waals surface area (Å²) in [5, 5.41) is 4.12. The van der Waals surface area contributed by atoms with E-state index in [2.05, 4.69) is 45.5 Å². The molecule has 22 heavy (non-hydrogen) atoms. The van der Waals surface area contributed by atoms with E-state index in [1.165, 1.54) is 31.5 Å². The van der Waals surface area contributed by atoms with Crippen molar-refractivity contribution in [2.45, 2.75) is 25.4 Å². The maximum atomic E-state index is 5.82. The molecular formula is C18H22ClN3. The second kappa shape index (κ2) is 7.73. The number of likely N-dealkylation sites (tertiary alicyclic amines) is 1. The maximum Gasteiger partial charge on any atom is 0.129 e. The van der Waals surface area contributed by atoms with E-state index in [0.29, 0.717) is 11.2 Å². The van der Waals surface area contributed by atoms with Crippen LogP contribution in [0.1, 0.15) is 30.0 Å². The number of benzene rings is 1. The molecule has 1 aromatic carbocycles. The molecule has 1 aliphatic heterocycles. The SMILES string of the molecule is Clc1ccc(CNCC(c2ccccc2)N2CCCC2)cn1. The van der Waals surface area contributed by atoms with Gasteiger partial charge in [0.1, 0.15) is 5.15 Å². The smallest absolute Gasteiger partial charge is 0.129 e. The van der Waals surface area contributed by atoms with E-state index in [-0.39, 0.29) is 0 Å². The van der Waals surface area contributed by atoms with Crippen molar-refractivity contribution in [2.24, 2.45) is 0 Å². The summed E-state index contributed by atoms with van der Waals surface area (Å²) in [4.78, 5) is 6.71. The first-order valence-corrected chi connectivity index (χ1v) is 8.31. The van der Waals surface area contributed by atoms with Gasteiger partial charge in [-0.15, -0.1) is 0 Å². The van der Waals surface area contributed by atoms with Crippen LogP contribution in [0.4, 0.5) is 0 Å². The van der Waals surface area contributed by atoms with Crippen molar-refractivity contribution in [1.82, 2.24) is 15.2 Å². The number of hydrogen-bond acceptors (Lipinski definition) is 3. The number of halogens is 1. The van der Waals surface area contributed by atoms with Gasteiger partial charge in [0.2, 0.25) is 0 Å². The van der Waals surface area contributed by atoms with Crippen LogP contribution < -0.4 is 5.32 Å². The minimum atomic E-state index is 0.448. The Bertz CT molecular complexity index is 565. The number of aromatic nitrogens is 1. The zero-order chi connectivity index (χ0) is 15.2. The Morgan fingerprint density at radius 2 is 1.86 bits per heavy atom. The third kappa shape index (κ3) is 4.07. The molecule has 2 heterocycles. The Morgan fingerprint density at radius 3 is 2.55 bits per heavy atom. The maximum absolute atomic E-state index is 5.82. The molecular weight excluding hydrogens is 294 g/mol. The largest absolute Gasteiger partial charge is 0.311 e. The molecule has 1 N–H and O–H groups in total. The van der Waals surface area contributed by atoms with Gasteiger partial charge in [0, 0.05) is 25.3 Å². The molecule has 3 rings (SSSR count). The lowest BCUT2D eigenvalue weighted by molar-refractivity contribution is 0.238. The van der Waals surface area contributed by atoms with Crippen LogP contribution in [-0.4, -0.2) is 29.5 Å². The van der Waals surface area contributed by atoms with Gasteiger partial charge in [0.25, 0.3) is 0 Å². The second-order valence-corrected chi connectivity index (χ2v) is 6.18. The first kappa shape index (κ1) is 15.5. The zero-order valence-corrected chi connectivity index (χ0v) is 13.5. The Hall–Kier alpha value is -1.42. The molecule has 4 heteroatoms. The molecule has 1 atom stereocenters.